The van der Waals surface area contributed by atoms with E-state index in [9.17, 15) is 4.79 Å². The fraction of sp³-hybridized carbons (Fsp3) is 0.167. The lowest BCUT2D eigenvalue weighted by atomic mass is 10.1. The lowest BCUT2D eigenvalue weighted by Crippen LogP contribution is -2.06. The number of amides is 1. The van der Waals surface area contributed by atoms with Gasteiger partial charge < -0.3 is 15.2 Å². The van der Waals surface area contributed by atoms with Crippen LogP contribution in [-0.4, -0.2) is 25.4 Å². The molecule has 0 fully saturated rings. The summed E-state index contributed by atoms with van der Waals surface area (Å²) in [4.78, 5) is 25.7. The number of anilines is 3. The van der Waals surface area contributed by atoms with Gasteiger partial charge in [-0.05, 0) is 44.2 Å². The fourth-order valence-corrected chi connectivity index (χ4v) is 4.57. The molecule has 0 radical (unpaired) electrons. The van der Waals surface area contributed by atoms with E-state index in [1.165, 1.54) is 11.6 Å². The van der Waals surface area contributed by atoms with Crippen molar-refractivity contribution in [3.05, 3.63) is 60.2 Å². The SMILES string of the molecule is CC(=O)Nc1ccc(Nc2nc(-c3csc4ccccc34)nc3c2ncn3C(C)C)cc1. The Labute approximate surface area is 189 Å². The minimum atomic E-state index is -0.102. The number of fused-ring (bicyclic) bond motifs is 2. The summed E-state index contributed by atoms with van der Waals surface area (Å²) in [5, 5.41) is 9.42. The highest BCUT2D eigenvalue weighted by Crippen LogP contribution is 2.35. The third-order valence-electron chi connectivity index (χ3n) is 5.17. The Bertz CT molecular complexity index is 1430. The first-order valence-corrected chi connectivity index (χ1v) is 11.2. The molecule has 5 rings (SSSR count). The summed E-state index contributed by atoms with van der Waals surface area (Å²) in [6.07, 6.45) is 1.81. The monoisotopic (exact) mass is 442 g/mol. The quantitative estimate of drug-likeness (QED) is 0.349. The van der Waals surface area contributed by atoms with Crippen molar-refractivity contribution in [1.82, 2.24) is 19.5 Å². The van der Waals surface area contributed by atoms with Gasteiger partial charge in [0.1, 0.15) is 0 Å². The minimum Gasteiger partial charge on any atom is -0.338 e. The van der Waals surface area contributed by atoms with E-state index in [-0.39, 0.29) is 11.9 Å². The number of imidazole rings is 1. The number of rotatable bonds is 5. The van der Waals surface area contributed by atoms with Crippen LogP contribution in [0.5, 0.6) is 0 Å². The van der Waals surface area contributed by atoms with E-state index in [0.717, 1.165) is 28.0 Å². The lowest BCUT2D eigenvalue weighted by Gasteiger charge is -2.11. The Balaban J connectivity index is 1.62. The van der Waals surface area contributed by atoms with Crippen LogP contribution in [0.25, 0.3) is 32.6 Å². The van der Waals surface area contributed by atoms with Crippen LogP contribution < -0.4 is 10.6 Å². The van der Waals surface area contributed by atoms with Gasteiger partial charge in [0, 0.05) is 45.4 Å². The van der Waals surface area contributed by atoms with Gasteiger partial charge in [0.15, 0.2) is 22.8 Å². The third-order valence-corrected chi connectivity index (χ3v) is 6.13. The summed E-state index contributed by atoms with van der Waals surface area (Å²) < 4.78 is 3.26. The second-order valence-electron chi connectivity index (χ2n) is 7.84. The Morgan fingerprint density at radius 1 is 1.03 bits per heavy atom. The number of hydrogen-bond acceptors (Lipinski definition) is 6. The van der Waals surface area contributed by atoms with Crippen LogP contribution in [-0.2, 0) is 4.79 Å². The molecule has 0 aliphatic rings. The Morgan fingerprint density at radius 3 is 2.53 bits per heavy atom. The van der Waals surface area contributed by atoms with Crippen LogP contribution >= 0.6 is 11.3 Å². The van der Waals surface area contributed by atoms with Crippen LogP contribution in [0, 0.1) is 0 Å². The van der Waals surface area contributed by atoms with E-state index in [0.29, 0.717) is 17.2 Å². The molecule has 2 aromatic carbocycles. The first-order chi connectivity index (χ1) is 15.5. The van der Waals surface area contributed by atoms with E-state index in [4.69, 9.17) is 9.97 Å². The predicted molar refractivity (Wildman–Crippen MR) is 131 cm³/mol. The maximum atomic E-state index is 11.3. The molecule has 5 aromatic rings. The van der Waals surface area contributed by atoms with Crippen molar-refractivity contribution < 1.29 is 4.79 Å². The van der Waals surface area contributed by atoms with Gasteiger partial charge in [0.25, 0.3) is 0 Å². The van der Waals surface area contributed by atoms with Gasteiger partial charge in [-0.25, -0.2) is 15.0 Å². The number of carbonyl (C=O) groups is 1. The highest BCUT2D eigenvalue weighted by atomic mass is 32.1. The fourth-order valence-electron chi connectivity index (χ4n) is 3.63. The van der Waals surface area contributed by atoms with Gasteiger partial charge in [-0.1, -0.05) is 18.2 Å². The smallest absolute Gasteiger partial charge is 0.221 e. The zero-order chi connectivity index (χ0) is 22.2. The third kappa shape index (κ3) is 3.69. The zero-order valence-corrected chi connectivity index (χ0v) is 18.8. The molecule has 2 N–H and O–H groups in total. The normalized spacial score (nSPS) is 11.4. The molecule has 3 aromatic heterocycles. The largest absolute Gasteiger partial charge is 0.338 e. The summed E-state index contributed by atoms with van der Waals surface area (Å²) in [7, 11) is 0. The van der Waals surface area contributed by atoms with Crippen molar-refractivity contribution in [1.29, 1.82) is 0 Å². The van der Waals surface area contributed by atoms with E-state index in [1.807, 2.05) is 42.7 Å². The van der Waals surface area contributed by atoms with Gasteiger partial charge >= 0.3 is 0 Å². The predicted octanol–water partition coefficient (Wildman–Crippen LogP) is 5.99. The molecule has 32 heavy (non-hydrogen) atoms. The molecular weight excluding hydrogens is 420 g/mol. The van der Waals surface area contributed by atoms with Crippen LogP contribution in [0.1, 0.15) is 26.8 Å². The van der Waals surface area contributed by atoms with E-state index in [1.54, 1.807) is 11.3 Å². The van der Waals surface area contributed by atoms with Crippen molar-refractivity contribution in [2.24, 2.45) is 0 Å². The van der Waals surface area contributed by atoms with Crippen molar-refractivity contribution in [3.63, 3.8) is 0 Å². The molecule has 3 heterocycles. The standard InChI is InChI=1S/C24H22N6OS/c1-14(2)30-13-25-21-23(27-17-10-8-16(9-11-17)26-15(3)31)28-22(29-24(21)30)19-12-32-20-7-5-4-6-18(19)20/h4-14H,1-3H3,(H,26,31)(H,27,28,29). The van der Waals surface area contributed by atoms with Crippen molar-refractivity contribution >= 4 is 55.7 Å². The Kier molecular flexibility index (Phi) is 5.07. The zero-order valence-electron chi connectivity index (χ0n) is 18.0. The molecule has 7 nitrogen and oxygen atoms in total. The molecule has 0 spiro atoms. The first-order valence-electron chi connectivity index (χ1n) is 10.4. The summed E-state index contributed by atoms with van der Waals surface area (Å²) in [5.41, 5.74) is 4.10. The maximum Gasteiger partial charge on any atom is 0.221 e. The van der Waals surface area contributed by atoms with E-state index < -0.39 is 0 Å². The van der Waals surface area contributed by atoms with Crippen molar-refractivity contribution in [2.45, 2.75) is 26.8 Å². The molecule has 0 saturated carbocycles. The number of nitrogens with zero attached hydrogens (tertiary/aromatic N) is 4. The average molecular weight is 443 g/mol. The first kappa shape index (κ1) is 20.1. The molecule has 0 atom stereocenters. The maximum absolute atomic E-state index is 11.3. The van der Waals surface area contributed by atoms with E-state index >= 15 is 0 Å². The van der Waals surface area contributed by atoms with Crippen LogP contribution in [0.15, 0.2) is 60.2 Å². The van der Waals surface area contributed by atoms with Crippen molar-refractivity contribution in [2.75, 3.05) is 10.6 Å². The molecule has 0 saturated heterocycles. The summed E-state index contributed by atoms with van der Waals surface area (Å²) in [5.74, 6) is 1.21. The molecule has 0 aliphatic carbocycles. The number of aromatic nitrogens is 4. The molecule has 160 valence electrons. The molecule has 0 aliphatic heterocycles. The number of thiophene rings is 1. The Morgan fingerprint density at radius 2 is 1.78 bits per heavy atom. The number of carbonyl (C=O) groups excluding carboxylic acids is 1. The van der Waals surface area contributed by atoms with Gasteiger partial charge in [-0.3, -0.25) is 4.79 Å². The second-order valence-corrected chi connectivity index (χ2v) is 8.75. The number of benzene rings is 2. The van der Waals surface area contributed by atoms with Crippen molar-refractivity contribution in [3.8, 4) is 11.4 Å². The molecule has 0 bridgehead atoms. The summed E-state index contributed by atoms with van der Waals surface area (Å²) in [6.45, 7) is 5.71. The van der Waals surface area contributed by atoms with Gasteiger partial charge in [0.05, 0.1) is 6.33 Å². The molecule has 8 heteroatoms. The lowest BCUT2D eigenvalue weighted by molar-refractivity contribution is -0.114. The number of hydrogen-bond donors (Lipinski definition) is 2. The topological polar surface area (TPSA) is 84.7 Å². The summed E-state index contributed by atoms with van der Waals surface area (Å²) in [6, 6.07) is 16.0. The highest BCUT2D eigenvalue weighted by molar-refractivity contribution is 7.17. The number of nitrogens with one attached hydrogen (secondary N) is 2. The molecular formula is C24H22N6OS. The highest BCUT2D eigenvalue weighted by Gasteiger charge is 2.18. The van der Waals surface area contributed by atoms with Gasteiger partial charge in [0.2, 0.25) is 5.91 Å². The van der Waals surface area contributed by atoms with Crippen LogP contribution in [0.3, 0.4) is 0 Å². The van der Waals surface area contributed by atoms with E-state index in [2.05, 4.69) is 51.5 Å². The molecule has 0 unspecified atom stereocenters. The average Bonchev–Trinajstić information content (AvgIpc) is 3.39. The molecule has 1 amide bonds. The van der Waals surface area contributed by atoms with Crippen LogP contribution in [0.2, 0.25) is 0 Å². The van der Waals surface area contributed by atoms with Crippen LogP contribution in [0.4, 0.5) is 17.2 Å². The van der Waals surface area contributed by atoms with Gasteiger partial charge in [-0.15, -0.1) is 11.3 Å². The Hall–Kier alpha value is -3.78. The second kappa shape index (κ2) is 8.05. The summed E-state index contributed by atoms with van der Waals surface area (Å²) >= 11 is 1.69. The minimum absolute atomic E-state index is 0.102. The van der Waals surface area contributed by atoms with Gasteiger partial charge in [-0.2, -0.15) is 0 Å².